The number of hydrogen-bond acceptors (Lipinski definition) is 4. The normalized spacial score (nSPS) is 14.8. The highest BCUT2D eigenvalue weighted by molar-refractivity contribution is 5.91. The quantitative estimate of drug-likeness (QED) is 0.840. The molecular formula is C12H16N2O3. The Morgan fingerprint density at radius 2 is 2.18 bits per heavy atom. The molecule has 5 nitrogen and oxygen atoms in total. The van der Waals surface area contributed by atoms with Gasteiger partial charge in [0, 0.05) is 12.1 Å². The van der Waals surface area contributed by atoms with Crippen molar-refractivity contribution in [3.63, 3.8) is 0 Å². The first-order valence-electron chi connectivity index (χ1n) is 5.70. The van der Waals surface area contributed by atoms with E-state index in [1.54, 1.807) is 12.1 Å². The van der Waals surface area contributed by atoms with Crippen LogP contribution >= 0.6 is 0 Å². The molecule has 1 heterocycles. The molecule has 0 bridgehead atoms. The average Bonchev–Trinajstić information content (AvgIpc) is 3.00. The Kier molecular flexibility index (Phi) is 3.17. The average molecular weight is 236 g/mol. The van der Waals surface area contributed by atoms with E-state index in [0.717, 1.165) is 12.8 Å². The van der Waals surface area contributed by atoms with Crippen molar-refractivity contribution >= 4 is 5.91 Å². The van der Waals surface area contributed by atoms with Crippen LogP contribution < -0.4 is 15.2 Å². The van der Waals surface area contributed by atoms with Crippen LogP contribution in [0.15, 0.2) is 12.1 Å². The smallest absolute Gasteiger partial charge is 0.267 e. The second-order valence-electron chi connectivity index (χ2n) is 4.37. The van der Waals surface area contributed by atoms with Crippen molar-refractivity contribution in [2.75, 3.05) is 0 Å². The van der Waals surface area contributed by atoms with Crippen molar-refractivity contribution in [3.05, 3.63) is 17.8 Å². The number of nitrogens with two attached hydrogens (primary N) is 1. The lowest BCUT2D eigenvalue weighted by Gasteiger charge is -2.11. The summed E-state index contributed by atoms with van der Waals surface area (Å²) in [5.41, 5.74) is 5.38. The second-order valence-corrected chi connectivity index (χ2v) is 4.37. The van der Waals surface area contributed by atoms with Gasteiger partial charge in [-0.2, -0.15) is 0 Å². The van der Waals surface area contributed by atoms with Gasteiger partial charge in [0.1, 0.15) is 11.4 Å². The first kappa shape index (κ1) is 11.7. The molecule has 0 unspecified atom stereocenters. The number of nitrogens with zero attached hydrogens (tertiary/aromatic N) is 1. The Morgan fingerprint density at radius 3 is 2.71 bits per heavy atom. The summed E-state index contributed by atoms with van der Waals surface area (Å²) >= 11 is 0. The fraction of sp³-hybridized carbons (Fsp3) is 0.500. The molecule has 1 aromatic heterocycles. The topological polar surface area (TPSA) is 74.4 Å². The summed E-state index contributed by atoms with van der Waals surface area (Å²) in [4.78, 5) is 15.2. The summed E-state index contributed by atoms with van der Waals surface area (Å²) in [6, 6.07) is 3.23. The summed E-state index contributed by atoms with van der Waals surface area (Å²) in [6.45, 7) is 3.78. The Labute approximate surface area is 99.9 Å². The van der Waals surface area contributed by atoms with Gasteiger partial charge in [0.25, 0.3) is 5.91 Å². The molecule has 0 radical (unpaired) electrons. The number of ether oxygens (including phenoxy) is 2. The summed E-state index contributed by atoms with van der Waals surface area (Å²) in [5.74, 6) is 0.374. The minimum absolute atomic E-state index is 0.0144. The molecule has 0 spiro atoms. The lowest BCUT2D eigenvalue weighted by Crippen LogP contribution is -2.15. The third-order valence-corrected chi connectivity index (χ3v) is 2.21. The first-order valence-corrected chi connectivity index (χ1v) is 5.70. The molecule has 1 fully saturated rings. The predicted octanol–water partition coefficient (Wildman–Crippen LogP) is 1.51. The van der Waals surface area contributed by atoms with Gasteiger partial charge in [-0.1, -0.05) is 0 Å². The molecule has 0 atom stereocenters. The van der Waals surface area contributed by atoms with Crippen LogP contribution in [0.2, 0.25) is 0 Å². The Balaban J connectivity index is 2.23. The van der Waals surface area contributed by atoms with Crippen molar-refractivity contribution in [2.45, 2.75) is 38.9 Å². The SMILES string of the molecule is CC(C)Oc1cc(OC2CC2)cc(C(N)=O)n1. The van der Waals surface area contributed by atoms with Crippen molar-refractivity contribution in [1.29, 1.82) is 0 Å². The van der Waals surface area contributed by atoms with Crippen LogP contribution in [0.5, 0.6) is 11.6 Å². The molecular weight excluding hydrogens is 220 g/mol. The van der Waals surface area contributed by atoms with Crippen molar-refractivity contribution < 1.29 is 14.3 Å². The highest BCUT2D eigenvalue weighted by Crippen LogP contribution is 2.29. The molecule has 0 saturated heterocycles. The molecule has 17 heavy (non-hydrogen) atoms. The number of aromatic nitrogens is 1. The summed E-state index contributed by atoms with van der Waals surface area (Å²) in [7, 11) is 0. The molecule has 0 aliphatic heterocycles. The predicted molar refractivity (Wildman–Crippen MR) is 62.2 cm³/mol. The van der Waals surface area contributed by atoms with E-state index in [1.165, 1.54) is 0 Å². The van der Waals surface area contributed by atoms with Crippen molar-refractivity contribution in [2.24, 2.45) is 5.73 Å². The van der Waals surface area contributed by atoms with Gasteiger partial charge < -0.3 is 15.2 Å². The zero-order chi connectivity index (χ0) is 12.4. The van der Waals surface area contributed by atoms with Gasteiger partial charge in [-0.05, 0) is 26.7 Å². The number of rotatable bonds is 5. The van der Waals surface area contributed by atoms with Crippen LogP contribution in [-0.4, -0.2) is 23.1 Å². The van der Waals surface area contributed by atoms with Gasteiger partial charge in [0.15, 0.2) is 0 Å². The van der Waals surface area contributed by atoms with Gasteiger partial charge in [0.05, 0.1) is 12.2 Å². The number of primary amides is 1. The number of carbonyl (C=O) groups excluding carboxylic acids is 1. The van der Waals surface area contributed by atoms with E-state index in [9.17, 15) is 4.79 Å². The molecule has 1 saturated carbocycles. The fourth-order valence-corrected chi connectivity index (χ4v) is 1.36. The van der Waals surface area contributed by atoms with Crippen LogP contribution in [0.1, 0.15) is 37.2 Å². The van der Waals surface area contributed by atoms with Gasteiger partial charge >= 0.3 is 0 Å². The molecule has 92 valence electrons. The minimum atomic E-state index is -0.583. The summed E-state index contributed by atoms with van der Waals surface area (Å²) in [5, 5.41) is 0. The zero-order valence-electron chi connectivity index (χ0n) is 9.97. The maximum Gasteiger partial charge on any atom is 0.267 e. The fourth-order valence-electron chi connectivity index (χ4n) is 1.36. The molecule has 1 amide bonds. The number of carbonyl (C=O) groups is 1. The van der Waals surface area contributed by atoms with Gasteiger partial charge in [-0.25, -0.2) is 4.98 Å². The molecule has 1 aliphatic rings. The lowest BCUT2D eigenvalue weighted by atomic mass is 10.3. The third-order valence-electron chi connectivity index (χ3n) is 2.21. The largest absolute Gasteiger partial charge is 0.490 e. The van der Waals surface area contributed by atoms with E-state index >= 15 is 0 Å². The minimum Gasteiger partial charge on any atom is -0.490 e. The molecule has 2 rings (SSSR count). The first-order chi connectivity index (χ1) is 8.04. The van der Waals surface area contributed by atoms with Gasteiger partial charge in [-0.15, -0.1) is 0 Å². The third kappa shape index (κ3) is 3.34. The van der Waals surface area contributed by atoms with Crippen molar-refractivity contribution in [3.8, 4) is 11.6 Å². The lowest BCUT2D eigenvalue weighted by molar-refractivity contribution is 0.0993. The zero-order valence-corrected chi connectivity index (χ0v) is 9.97. The maximum atomic E-state index is 11.1. The molecule has 1 aliphatic carbocycles. The van der Waals surface area contributed by atoms with E-state index in [2.05, 4.69) is 4.98 Å². The van der Waals surface area contributed by atoms with Crippen LogP contribution in [0.3, 0.4) is 0 Å². The van der Waals surface area contributed by atoms with E-state index in [4.69, 9.17) is 15.2 Å². The number of amides is 1. The van der Waals surface area contributed by atoms with Crippen molar-refractivity contribution in [1.82, 2.24) is 4.98 Å². The number of pyridine rings is 1. The Bertz CT molecular complexity index is 406. The van der Waals surface area contributed by atoms with E-state index in [0.29, 0.717) is 11.6 Å². The van der Waals surface area contributed by atoms with Crippen LogP contribution in [0.4, 0.5) is 0 Å². The number of hydrogen-bond donors (Lipinski definition) is 1. The van der Waals surface area contributed by atoms with E-state index in [1.807, 2.05) is 13.8 Å². The van der Waals surface area contributed by atoms with Crippen LogP contribution in [0.25, 0.3) is 0 Å². The van der Waals surface area contributed by atoms with E-state index < -0.39 is 5.91 Å². The maximum absolute atomic E-state index is 11.1. The summed E-state index contributed by atoms with van der Waals surface area (Å²) < 4.78 is 11.1. The highest BCUT2D eigenvalue weighted by Gasteiger charge is 2.24. The standard InChI is InChI=1S/C12H16N2O3/c1-7(2)16-11-6-9(17-8-3-4-8)5-10(14-11)12(13)15/h5-8H,3-4H2,1-2H3,(H2,13,15). The van der Waals surface area contributed by atoms with E-state index in [-0.39, 0.29) is 17.9 Å². The Morgan fingerprint density at radius 1 is 1.47 bits per heavy atom. The van der Waals surface area contributed by atoms with Gasteiger partial charge in [0.2, 0.25) is 5.88 Å². The monoisotopic (exact) mass is 236 g/mol. The van der Waals surface area contributed by atoms with Gasteiger partial charge in [-0.3, -0.25) is 4.79 Å². The molecule has 5 heteroatoms. The highest BCUT2D eigenvalue weighted by atomic mass is 16.5. The van der Waals surface area contributed by atoms with Crippen LogP contribution in [-0.2, 0) is 0 Å². The molecule has 2 N–H and O–H groups in total. The summed E-state index contributed by atoms with van der Waals surface area (Å²) in [6.07, 6.45) is 2.34. The second kappa shape index (κ2) is 4.61. The molecule has 0 aromatic carbocycles. The van der Waals surface area contributed by atoms with Crippen LogP contribution in [0, 0.1) is 0 Å². The molecule has 1 aromatic rings. The Hall–Kier alpha value is -1.78.